The third-order valence-corrected chi connectivity index (χ3v) is 2.80. The zero-order valence-corrected chi connectivity index (χ0v) is 11.8. The minimum atomic E-state index is -0.237. The summed E-state index contributed by atoms with van der Waals surface area (Å²) in [5.74, 6) is -0.196. The molecule has 0 aliphatic heterocycles. The molecule has 0 aliphatic rings. The number of rotatable bonds is 9. The molecule has 0 aromatic rings. The maximum Gasteiger partial charge on any atom is 0.324 e. The SMILES string of the molecule is CCN(CCCN(C)C)CC(NC)C(=O)OC. The Labute approximate surface area is 105 Å². The molecule has 0 spiro atoms. The van der Waals surface area contributed by atoms with E-state index in [2.05, 4.69) is 36.1 Å². The van der Waals surface area contributed by atoms with Gasteiger partial charge in [-0.1, -0.05) is 6.92 Å². The molecule has 0 saturated carbocycles. The van der Waals surface area contributed by atoms with Crippen molar-refractivity contribution in [2.24, 2.45) is 0 Å². The molecule has 1 unspecified atom stereocenters. The van der Waals surface area contributed by atoms with Gasteiger partial charge in [0, 0.05) is 6.54 Å². The molecule has 0 aromatic carbocycles. The summed E-state index contributed by atoms with van der Waals surface area (Å²) in [6.45, 7) is 5.83. The maximum atomic E-state index is 11.5. The van der Waals surface area contributed by atoms with Crippen molar-refractivity contribution in [3.05, 3.63) is 0 Å². The zero-order chi connectivity index (χ0) is 13.3. The van der Waals surface area contributed by atoms with Crippen molar-refractivity contribution in [1.82, 2.24) is 15.1 Å². The highest BCUT2D eigenvalue weighted by Crippen LogP contribution is 1.97. The maximum absolute atomic E-state index is 11.5. The molecule has 0 amide bonds. The summed E-state index contributed by atoms with van der Waals surface area (Å²) in [4.78, 5) is 15.9. The van der Waals surface area contributed by atoms with Gasteiger partial charge < -0.3 is 19.9 Å². The topological polar surface area (TPSA) is 44.8 Å². The number of hydrogen-bond donors (Lipinski definition) is 1. The van der Waals surface area contributed by atoms with E-state index in [-0.39, 0.29) is 12.0 Å². The summed E-state index contributed by atoms with van der Waals surface area (Å²) in [7, 11) is 7.35. The summed E-state index contributed by atoms with van der Waals surface area (Å²) >= 11 is 0. The Kier molecular flexibility index (Phi) is 9.03. The van der Waals surface area contributed by atoms with Gasteiger partial charge in [-0.2, -0.15) is 0 Å². The van der Waals surface area contributed by atoms with Gasteiger partial charge in [-0.15, -0.1) is 0 Å². The minimum Gasteiger partial charge on any atom is -0.468 e. The van der Waals surface area contributed by atoms with E-state index in [4.69, 9.17) is 4.74 Å². The smallest absolute Gasteiger partial charge is 0.324 e. The second-order valence-corrected chi connectivity index (χ2v) is 4.41. The van der Waals surface area contributed by atoms with Gasteiger partial charge >= 0.3 is 5.97 Å². The van der Waals surface area contributed by atoms with E-state index in [9.17, 15) is 4.79 Å². The lowest BCUT2D eigenvalue weighted by Gasteiger charge is -2.25. The number of carbonyl (C=O) groups is 1. The van der Waals surface area contributed by atoms with Crippen LogP contribution in [0, 0.1) is 0 Å². The van der Waals surface area contributed by atoms with Crippen LogP contribution in [-0.4, -0.2) is 76.2 Å². The molecule has 0 rings (SSSR count). The lowest BCUT2D eigenvalue weighted by Crippen LogP contribution is -2.45. The Bertz CT molecular complexity index is 210. The molecule has 5 heteroatoms. The molecule has 0 saturated heterocycles. The van der Waals surface area contributed by atoms with Crippen LogP contribution in [0.3, 0.4) is 0 Å². The van der Waals surface area contributed by atoms with Crippen LogP contribution >= 0.6 is 0 Å². The van der Waals surface area contributed by atoms with Crippen LogP contribution in [0.2, 0.25) is 0 Å². The minimum absolute atomic E-state index is 0.196. The molecule has 1 N–H and O–H groups in total. The van der Waals surface area contributed by atoms with Crippen LogP contribution < -0.4 is 5.32 Å². The van der Waals surface area contributed by atoms with Crippen LogP contribution in [-0.2, 0) is 9.53 Å². The number of esters is 1. The van der Waals surface area contributed by atoms with Gasteiger partial charge in [0.1, 0.15) is 6.04 Å². The fourth-order valence-corrected chi connectivity index (χ4v) is 1.67. The number of ether oxygens (including phenoxy) is 1. The second kappa shape index (κ2) is 9.39. The highest BCUT2D eigenvalue weighted by Gasteiger charge is 2.19. The third kappa shape index (κ3) is 7.31. The summed E-state index contributed by atoms with van der Waals surface area (Å²) in [6, 6.07) is -0.237. The van der Waals surface area contributed by atoms with E-state index in [1.54, 1.807) is 7.05 Å². The van der Waals surface area contributed by atoms with Gasteiger partial charge in [-0.05, 0) is 47.2 Å². The molecular weight excluding hydrogens is 218 g/mol. The predicted octanol–water partition coefficient (Wildman–Crippen LogP) is 0.0210. The fraction of sp³-hybridized carbons (Fsp3) is 0.917. The van der Waals surface area contributed by atoms with E-state index < -0.39 is 0 Å². The summed E-state index contributed by atoms with van der Waals surface area (Å²) in [5, 5.41) is 2.99. The molecule has 0 fully saturated rings. The number of nitrogens with zero attached hydrogens (tertiary/aromatic N) is 2. The first-order valence-corrected chi connectivity index (χ1v) is 6.17. The van der Waals surface area contributed by atoms with Crippen molar-refractivity contribution in [3.8, 4) is 0 Å². The number of nitrogens with one attached hydrogen (secondary N) is 1. The number of carbonyl (C=O) groups excluding carboxylic acids is 1. The van der Waals surface area contributed by atoms with E-state index in [0.29, 0.717) is 6.54 Å². The van der Waals surface area contributed by atoms with E-state index in [1.807, 2.05) is 0 Å². The van der Waals surface area contributed by atoms with Crippen molar-refractivity contribution >= 4 is 5.97 Å². The van der Waals surface area contributed by atoms with Crippen LogP contribution in [0.4, 0.5) is 0 Å². The Balaban J connectivity index is 4.04. The molecule has 0 aromatic heterocycles. The standard InChI is InChI=1S/C12H27N3O2/c1-6-15(9-7-8-14(3)4)10-11(13-2)12(16)17-5/h11,13H,6-10H2,1-5H3. The average molecular weight is 245 g/mol. The van der Waals surface area contributed by atoms with Crippen molar-refractivity contribution in [1.29, 1.82) is 0 Å². The van der Waals surface area contributed by atoms with Crippen molar-refractivity contribution < 1.29 is 9.53 Å². The molecule has 0 aliphatic carbocycles. The first kappa shape index (κ1) is 16.4. The van der Waals surface area contributed by atoms with Gasteiger partial charge in [0.25, 0.3) is 0 Å². The van der Waals surface area contributed by atoms with E-state index >= 15 is 0 Å². The normalized spacial score (nSPS) is 13.1. The Morgan fingerprint density at radius 1 is 1.35 bits per heavy atom. The van der Waals surface area contributed by atoms with Gasteiger partial charge in [-0.3, -0.25) is 4.79 Å². The van der Waals surface area contributed by atoms with E-state index in [0.717, 1.165) is 26.1 Å². The molecule has 0 bridgehead atoms. The van der Waals surface area contributed by atoms with Gasteiger partial charge in [-0.25, -0.2) is 0 Å². The average Bonchev–Trinajstić information content (AvgIpc) is 2.32. The number of methoxy groups -OCH3 is 1. The monoisotopic (exact) mass is 245 g/mol. The molecule has 0 heterocycles. The Morgan fingerprint density at radius 2 is 2.00 bits per heavy atom. The second-order valence-electron chi connectivity index (χ2n) is 4.41. The molecule has 0 radical (unpaired) electrons. The lowest BCUT2D eigenvalue weighted by molar-refractivity contribution is -0.143. The first-order valence-electron chi connectivity index (χ1n) is 6.17. The first-order chi connectivity index (χ1) is 8.04. The Hall–Kier alpha value is -0.650. The fourth-order valence-electron chi connectivity index (χ4n) is 1.67. The van der Waals surface area contributed by atoms with Crippen LogP contribution in [0.5, 0.6) is 0 Å². The summed E-state index contributed by atoms with van der Waals surface area (Å²) in [5.41, 5.74) is 0. The van der Waals surface area contributed by atoms with Crippen LogP contribution in [0.25, 0.3) is 0 Å². The largest absolute Gasteiger partial charge is 0.468 e. The third-order valence-electron chi connectivity index (χ3n) is 2.80. The van der Waals surface area contributed by atoms with Gasteiger partial charge in [0.15, 0.2) is 0 Å². The van der Waals surface area contributed by atoms with Crippen molar-refractivity contribution in [2.45, 2.75) is 19.4 Å². The van der Waals surface area contributed by atoms with E-state index in [1.165, 1.54) is 7.11 Å². The highest BCUT2D eigenvalue weighted by atomic mass is 16.5. The highest BCUT2D eigenvalue weighted by molar-refractivity contribution is 5.75. The van der Waals surface area contributed by atoms with Crippen molar-refractivity contribution in [2.75, 3.05) is 54.4 Å². The quantitative estimate of drug-likeness (QED) is 0.580. The molecule has 17 heavy (non-hydrogen) atoms. The molecule has 5 nitrogen and oxygen atoms in total. The number of likely N-dealkylation sites (N-methyl/N-ethyl adjacent to an activating group) is 2. The zero-order valence-electron chi connectivity index (χ0n) is 11.8. The van der Waals surface area contributed by atoms with Gasteiger partial charge in [0.2, 0.25) is 0 Å². The van der Waals surface area contributed by atoms with Crippen LogP contribution in [0.1, 0.15) is 13.3 Å². The van der Waals surface area contributed by atoms with Crippen molar-refractivity contribution in [3.63, 3.8) is 0 Å². The Morgan fingerprint density at radius 3 is 2.41 bits per heavy atom. The molecule has 1 atom stereocenters. The number of hydrogen-bond acceptors (Lipinski definition) is 5. The van der Waals surface area contributed by atoms with Gasteiger partial charge in [0.05, 0.1) is 7.11 Å². The summed E-state index contributed by atoms with van der Waals surface area (Å²) < 4.78 is 4.75. The molecule has 102 valence electrons. The predicted molar refractivity (Wildman–Crippen MR) is 70.1 cm³/mol. The van der Waals surface area contributed by atoms with Crippen LogP contribution in [0.15, 0.2) is 0 Å². The molecular formula is C12H27N3O2. The lowest BCUT2D eigenvalue weighted by atomic mass is 10.2. The summed E-state index contributed by atoms with van der Waals surface area (Å²) in [6.07, 6.45) is 1.11.